The molecule has 6 rings (SSSR count). The number of rotatable bonds is 4. The van der Waals surface area contributed by atoms with Crippen molar-refractivity contribution in [3.63, 3.8) is 0 Å². The topological polar surface area (TPSA) is 115 Å². The zero-order chi connectivity index (χ0) is 28.9. The van der Waals surface area contributed by atoms with E-state index in [9.17, 15) is 14.4 Å². The van der Waals surface area contributed by atoms with Crippen LogP contribution in [0.15, 0.2) is 41.5 Å². The number of carbonyl (C=O) groups is 2. The number of benzene rings is 1. The highest BCUT2D eigenvalue weighted by atomic mass is 35.5. The van der Waals surface area contributed by atoms with E-state index >= 15 is 0 Å². The number of halogens is 1. The van der Waals surface area contributed by atoms with Crippen LogP contribution >= 0.6 is 11.6 Å². The third-order valence-electron chi connectivity index (χ3n) is 8.39. The van der Waals surface area contributed by atoms with Gasteiger partial charge in [-0.15, -0.1) is 0 Å². The quantitative estimate of drug-likeness (QED) is 0.363. The van der Waals surface area contributed by atoms with Crippen molar-refractivity contribution in [2.75, 3.05) is 19.6 Å². The second-order valence-corrected chi connectivity index (χ2v) is 13.1. The van der Waals surface area contributed by atoms with Crippen LogP contribution in [0.2, 0.25) is 5.02 Å². The Morgan fingerprint density at radius 3 is 2.71 bits per heavy atom. The summed E-state index contributed by atoms with van der Waals surface area (Å²) >= 11 is 6.58. The highest BCUT2D eigenvalue weighted by Crippen LogP contribution is 2.36. The van der Waals surface area contributed by atoms with Crippen LogP contribution in [-0.2, 0) is 22.6 Å². The van der Waals surface area contributed by atoms with E-state index < -0.39 is 5.92 Å². The Morgan fingerprint density at radius 2 is 1.95 bits per heavy atom. The number of aromatic nitrogens is 4. The van der Waals surface area contributed by atoms with Crippen molar-refractivity contribution in [2.45, 2.75) is 58.9 Å². The van der Waals surface area contributed by atoms with E-state index in [0.29, 0.717) is 56.1 Å². The molecule has 3 aromatic heterocycles. The van der Waals surface area contributed by atoms with Crippen LogP contribution in [0.25, 0.3) is 21.9 Å². The number of likely N-dealkylation sites (tertiary alicyclic amines) is 1. The van der Waals surface area contributed by atoms with Gasteiger partial charge in [0.25, 0.3) is 5.56 Å². The third kappa shape index (κ3) is 5.47. The van der Waals surface area contributed by atoms with Crippen molar-refractivity contribution in [1.29, 1.82) is 0 Å². The van der Waals surface area contributed by atoms with Crippen LogP contribution in [0.5, 0.6) is 0 Å². The number of hydrogen-bond donors (Lipinski definition) is 2. The molecule has 2 N–H and O–H groups in total. The fourth-order valence-corrected chi connectivity index (χ4v) is 6.71. The first-order valence-corrected chi connectivity index (χ1v) is 14.6. The van der Waals surface area contributed by atoms with E-state index in [1.807, 2.05) is 34.1 Å². The normalized spacial score (nSPS) is 18.6. The molecular formula is C31H35ClN6O3. The first-order valence-electron chi connectivity index (χ1n) is 14.3. The highest BCUT2D eigenvalue weighted by molar-refractivity contribution is 6.35. The molecule has 2 aliphatic rings. The van der Waals surface area contributed by atoms with Crippen molar-refractivity contribution >= 4 is 45.4 Å². The number of piperidine rings is 1. The molecule has 41 heavy (non-hydrogen) atoms. The summed E-state index contributed by atoms with van der Waals surface area (Å²) in [5, 5.41) is 9.57. The summed E-state index contributed by atoms with van der Waals surface area (Å²) in [5.74, 6) is -0.419. The monoisotopic (exact) mass is 574 g/mol. The van der Waals surface area contributed by atoms with Gasteiger partial charge in [-0.1, -0.05) is 32.4 Å². The number of hydrogen-bond acceptors (Lipinski definition) is 5. The fourth-order valence-electron chi connectivity index (χ4n) is 6.43. The van der Waals surface area contributed by atoms with E-state index in [4.69, 9.17) is 11.6 Å². The van der Waals surface area contributed by atoms with Gasteiger partial charge in [-0.05, 0) is 66.0 Å². The van der Waals surface area contributed by atoms with Gasteiger partial charge in [0, 0.05) is 55.1 Å². The number of amides is 2. The van der Waals surface area contributed by atoms with Crippen molar-refractivity contribution in [3.8, 4) is 0 Å². The minimum atomic E-state index is -0.472. The molecule has 0 radical (unpaired) electrons. The number of carbonyl (C=O) groups excluding carboxylic acids is 2. The largest absolute Gasteiger partial charge is 0.343 e. The van der Waals surface area contributed by atoms with Gasteiger partial charge in [-0.25, -0.2) is 4.98 Å². The predicted molar refractivity (Wildman–Crippen MR) is 159 cm³/mol. The SMILES string of the molecule is CC(C)(C)CN1Cc2c(cc(Cl)c3[nH]ncc23)CC(CC(=O)N2CCC(c3cc4cccnc4[nH]c3=O)CC2)C1=O. The van der Waals surface area contributed by atoms with E-state index in [1.54, 1.807) is 12.4 Å². The molecule has 0 spiro atoms. The molecular weight excluding hydrogens is 540 g/mol. The van der Waals surface area contributed by atoms with Gasteiger partial charge in [-0.3, -0.25) is 19.5 Å². The summed E-state index contributed by atoms with van der Waals surface area (Å²) in [6, 6.07) is 7.64. The predicted octanol–water partition coefficient (Wildman–Crippen LogP) is 4.80. The molecule has 1 unspecified atom stereocenters. The fraction of sp³-hybridized carbons (Fsp3) is 0.452. The Kier molecular flexibility index (Phi) is 7.09. The smallest absolute Gasteiger partial charge is 0.253 e. The van der Waals surface area contributed by atoms with Gasteiger partial charge < -0.3 is 14.8 Å². The molecule has 4 aromatic rings. The molecule has 1 aromatic carbocycles. The lowest BCUT2D eigenvalue weighted by Gasteiger charge is -2.34. The Balaban J connectivity index is 1.20. The molecule has 2 aliphatic heterocycles. The number of aromatic amines is 2. The average Bonchev–Trinajstić information content (AvgIpc) is 3.39. The van der Waals surface area contributed by atoms with Crippen LogP contribution in [0.1, 0.15) is 62.6 Å². The lowest BCUT2D eigenvalue weighted by atomic mass is 9.88. The molecule has 5 heterocycles. The van der Waals surface area contributed by atoms with Crippen LogP contribution in [0.4, 0.5) is 0 Å². The Morgan fingerprint density at radius 1 is 1.17 bits per heavy atom. The van der Waals surface area contributed by atoms with Crippen LogP contribution in [-0.4, -0.2) is 61.4 Å². The molecule has 0 aliphatic carbocycles. The van der Waals surface area contributed by atoms with Gasteiger partial charge in [0.05, 0.1) is 22.7 Å². The van der Waals surface area contributed by atoms with Crippen molar-refractivity contribution in [3.05, 3.63) is 68.7 Å². The summed E-state index contributed by atoms with van der Waals surface area (Å²) in [6.07, 6.45) is 5.44. The second kappa shape index (κ2) is 10.6. The van der Waals surface area contributed by atoms with Gasteiger partial charge in [0.1, 0.15) is 5.65 Å². The number of nitrogens with zero attached hydrogens (tertiary/aromatic N) is 4. The van der Waals surface area contributed by atoms with Crippen molar-refractivity contribution < 1.29 is 9.59 Å². The van der Waals surface area contributed by atoms with Gasteiger partial charge in [0.15, 0.2) is 0 Å². The first-order chi connectivity index (χ1) is 19.6. The number of H-pyrrole nitrogens is 2. The maximum Gasteiger partial charge on any atom is 0.253 e. The Bertz CT molecular complexity index is 1700. The maximum atomic E-state index is 13.9. The standard InChI is InChI=1S/C31H35ClN6O3/c1-31(2,3)17-38-16-24-20(13-25(32)27-23(24)15-34-36-27)11-21(30(38)41)14-26(39)37-9-6-18(7-10-37)22-12-19-5-4-8-33-28(19)35-29(22)40/h4-5,8,12-13,15,18,21H,6-7,9-11,14,16-17H2,1-3H3,(H,34,36)(H,33,35,40). The summed E-state index contributed by atoms with van der Waals surface area (Å²) in [4.78, 5) is 51.1. The number of nitrogens with one attached hydrogen (secondary N) is 2. The van der Waals surface area contributed by atoms with Crippen LogP contribution in [0, 0.1) is 11.3 Å². The minimum absolute atomic E-state index is 0.00318. The van der Waals surface area contributed by atoms with Crippen LogP contribution < -0.4 is 5.56 Å². The van der Waals surface area contributed by atoms with Gasteiger partial charge >= 0.3 is 0 Å². The molecule has 1 saturated heterocycles. The minimum Gasteiger partial charge on any atom is -0.343 e. The molecule has 1 atom stereocenters. The highest BCUT2D eigenvalue weighted by Gasteiger charge is 2.36. The molecule has 2 amide bonds. The lowest BCUT2D eigenvalue weighted by molar-refractivity contribution is -0.142. The Labute approximate surface area is 243 Å². The molecule has 0 saturated carbocycles. The van der Waals surface area contributed by atoms with E-state index in [-0.39, 0.29) is 35.1 Å². The number of fused-ring (bicyclic) bond motifs is 4. The second-order valence-electron chi connectivity index (χ2n) is 12.7. The maximum absolute atomic E-state index is 13.9. The van der Waals surface area contributed by atoms with Gasteiger partial charge in [0.2, 0.25) is 11.8 Å². The first kappa shape index (κ1) is 27.4. The van der Waals surface area contributed by atoms with E-state index in [2.05, 4.69) is 40.9 Å². The van der Waals surface area contributed by atoms with Gasteiger partial charge in [-0.2, -0.15) is 5.10 Å². The number of pyridine rings is 2. The average molecular weight is 575 g/mol. The molecule has 0 bridgehead atoms. The van der Waals surface area contributed by atoms with Crippen LogP contribution in [0.3, 0.4) is 0 Å². The lowest BCUT2D eigenvalue weighted by Crippen LogP contribution is -2.43. The summed E-state index contributed by atoms with van der Waals surface area (Å²) in [6.45, 7) is 8.50. The summed E-state index contributed by atoms with van der Waals surface area (Å²) < 4.78 is 0. The third-order valence-corrected chi connectivity index (χ3v) is 8.68. The zero-order valence-electron chi connectivity index (χ0n) is 23.7. The molecule has 10 heteroatoms. The summed E-state index contributed by atoms with van der Waals surface area (Å²) in [5.41, 5.74) is 3.92. The van der Waals surface area contributed by atoms with E-state index in [0.717, 1.165) is 33.0 Å². The van der Waals surface area contributed by atoms with E-state index in [1.165, 1.54) is 0 Å². The van der Waals surface area contributed by atoms with Crippen molar-refractivity contribution in [1.82, 2.24) is 30.0 Å². The zero-order valence-corrected chi connectivity index (χ0v) is 24.4. The Hall–Kier alpha value is -3.72. The molecule has 9 nitrogen and oxygen atoms in total. The molecule has 214 valence electrons. The molecule has 1 fully saturated rings. The van der Waals surface area contributed by atoms with Crippen molar-refractivity contribution in [2.24, 2.45) is 11.3 Å². The summed E-state index contributed by atoms with van der Waals surface area (Å²) in [7, 11) is 0.